The predicted octanol–water partition coefficient (Wildman–Crippen LogP) is 6.62. The van der Waals surface area contributed by atoms with E-state index in [2.05, 4.69) is 6.92 Å². The lowest BCUT2D eigenvalue weighted by Crippen LogP contribution is -2.44. The Morgan fingerprint density at radius 3 is 2.21 bits per heavy atom. The molecule has 0 aliphatic carbocycles. The van der Waals surface area contributed by atoms with Gasteiger partial charge in [0.2, 0.25) is 0 Å². The Morgan fingerprint density at radius 2 is 1.59 bits per heavy atom. The zero-order chi connectivity index (χ0) is 24.8. The van der Waals surface area contributed by atoms with E-state index in [1.54, 1.807) is 6.92 Å². The van der Waals surface area contributed by atoms with Crippen LogP contribution < -0.4 is 4.74 Å². The molecule has 1 N–H and O–H groups in total. The average molecular weight is 469 g/mol. The number of carboxylic acids is 1. The predicted molar refractivity (Wildman–Crippen MR) is 135 cm³/mol. The Balaban J connectivity index is 2.07. The zero-order valence-corrected chi connectivity index (χ0v) is 20.9. The van der Waals surface area contributed by atoms with Crippen LogP contribution in [-0.2, 0) is 27.2 Å². The number of benzene rings is 2. The normalized spacial score (nSPS) is 13.6. The van der Waals surface area contributed by atoms with E-state index in [0.717, 1.165) is 23.3 Å². The van der Waals surface area contributed by atoms with Crippen molar-refractivity contribution in [2.45, 2.75) is 84.7 Å². The summed E-state index contributed by atoms with van der Waals surface area (Å²) < 4.78 is 11.4. The van der Waals surface area contributed by atoms with Gasteiger partial charge in [-0.25, -0.2) is 0 Å². The second-order valence-corrected chi connectivity index (χ2v) is 9.08. The molecule has 0 saturated carbocycles. The van der Waals surface area contributed by atoms with Gasteiger partial charge in [0.1, 0.15) is 5.75 Å². The van der Waals surface area contributed by atoms with Crippen LogP contribution in [-0.4, -0.2) is 29.8 Å². The van der Waals surface area contributed by atoms with Crippen molar-refractivity contribution < 1.29 is 24.2 Å². The maximum atomic E-state index is 13.1. The van der Waals surface area contributed by atoms with Crippen molar-refractivity contribution in [3.63, 3.8) is 0 Å². The van der Waals surface area contributed by atoms with E-state index in [1.807, 2.05) is 61.5 Å². The van der Waals surface area contributed by atoms with Crippen molar-refractivity contribution in [2.75, 3.05) is 6.61 Å². The van der Waals surface area contributed by atoms with Gasteiger partial charge in [-0.3, -0.25) is 9.59 Å². The Labute approximate surface area is 204 Å². The molecule has 0 aliphatic heterocycles. The molecule has 0 fully saturated rings. The fourth-order valence-corrected chi connectivity index (χ4v) is 3.86. The van der Waals surface area contributed by atoms with Crippen LogP contribution >= 0.6 is 0 Å². The summed E-state index contributed by atoms with van der Waals surface area (Å²) in [4.78, 5) is 25.6. The van der Waals surface area contributed by atoms with Gasteiger partial charge in [0.05, 0.1) is 12.7 Å². The monoisotopic (exact) mass is 468 g/mol. The Morgan fingerprint density at radius 1 is 0.912 bits per heavy atom. The van der Waals surface area contributed by atoms with Crippen LogP contribution in [0.25, 0.3) is 0 Å². The molecule has 2 unspecified atom stereocenters. The smallest absolute Gasteiger partial charge is 0.324 e. The Kier molecular flexibility index (Phi) is 11.7. The van der Waals surface area contributed by atoms with Gasteiger partial charge in [0.25, 0.3) is 0 Å². The number of unbranched alkanes of at least 4 members (excludes halogenated alkanes) is 4. The number of carbonyl (C=O) groups excluding carboxylic acids is 1. The van der Waals surface area contributed by atoms with E-state index in [-0.39, 0.29) is 18.9 Å². The van der Waals surface area contributed by atoms with Crippen molar-refractivity contribution >= 4 is 11.9 Å². The first kappa shape index (κ1) is 27.4. The van der Waals surface area contributed by atoms with Crippen molar-refractivity contribution in [2.24, 2.45) is 5.41 Å². The maximum Gasteiger partial charge on any atom is 0.324 e. The number of hydrogen-bond acceptors (Lipinski definition) is 4. The quantitative estimate of drug-likeness (QED) is 0.170. The Bertz CT molecular complexity index is 862. The number of carbonyl (C=O) groups is 2. The molecule has 2 aromatic carbocycles. The van der Waals surface area contributed by atoms with Crippen LogP contribution in [0.1, 0.15) is 76.8 Å². The fraction of sp³-hybridized carbons (Fsp3) is 0.517. The van der Waals surface area contributed by atoms with E-state index in [0.29, 0.717) is 19.4 Å². The molecular formula is C29H40O5. The lowest BCUT2D eigenvalue weighted by atomic mass is 9.76. The second kappa shape index (κ2) is 14.4. The molecule has 2 atom stereocenters. The highest BCUT2D eigenvalue weighted by Gasteiger charge is 2.47. The van der Waals surface area contributed by atoms with Crippen LogP contribution in [0, 0.1) is 5.41 Å². The molecule has 0 aliphatic rings. The molecule has 2 aromatic rings. The molecule has 0 bridgehead atoms. The van der Waals surface area contributed by atoms with Gasteiger partial charge < -0.3 is 14.6 Å². The number of esters is 1. The highest BCUT2D eigenvalue weighted by atomic mass is 16.5. The van der Waals surface area contributed by atoms with Gasteiger partial charge in [-0.2, -0.15) is 0 Å². The number of hydrogen-bond donors (Lipinski definition) is 1. The summed E-state index contributed by atoms with van der Waals surface area (Å²) >= 11 is 0. The SMILES string of the molecule is CCCCCCCOc1ccc(CCC(Cc2ccccc2)(C(=O)O)C(=O)OC(C)CC)cc1. The zero-order valence-electron chi connectivity index (χ0n) is 20.9. The molecule has 0 spiro atoms. The lowest BCUT2D eigenvalue weighted by Gasteiger charge is -2.29. The minimum atomic E-state index is -1.64. The van der Waals surface area contributed by atoms with E-state index >= 15 is 0 Å². The van der Waals surface area contributed by atoms with E-state index in [9.17, 15) is 14.7 Å². The number of aryl methyl sites for hydroxylation is 1. The molecule has 0 amide bonds. The van der Waals surface area contributed by atoms with Crippen molar-refractivity contribution in [3.05, 3.63) is 65.7 Å². The number of rotatable bonds is 16. The molecule has 34 heavy (non-hydrogen) atoms. The lowest BCUT2D eigenvalue weighted by molar-refractivity contribution is -0.172. The van der Waals surface area contributed by atoms with Gasteiger partial charge in [-0.15, -0.1) is 0 Å². The minimum Gasteiger partial charge on any atom is -0.494 e. The number of aliphatic carboxylic acids is 1. The molecule has 0 saturated heterocycles. The third-order valence-electron chi connectivity index (χ3n) is 6.31. The first-order valence-corrected chi connectivity index (χ1v) is 12.6. The summed E-state index contributed by atoms with van der Waals surface area (Å²) in [5, 5.41) is 10.2. The van der Waals surface area contributed by atoms with Crippen LogP contribution in [0.3, 0.4) is 0 Å². The van der Waals surface area contributed by atoms with Gasteiger partial charge in [0, 0.05) is 0 Å². The van der Waals surface area contributed by atoms with Gasteiger partial charge in [-0.1, -0.05) is 82.0 Å². The largest absolute Gasteiger partial charge is 0.494 e. The number of carboxylic acid groups (broad SMARTS) is 1. The van der Waals surface area contributed by atoms with Crippen molar-refractivity contribution in [1.29, 1.82) is 0 Å². The van der Waals surface area contributed by atoms with Gasteiger partial charge in [0.15, 0.2) is 5.41 Å². The van der Waals surface area contributed by atoms with E-state index in [4.69, 9.17) is 9.47 Å². The third kappa shape index (κ3) is 8.51. The summed E-state index contributed by atoms with van der Waals surface area (Å²) in [6.45, 7) is 6.60. The van der Waals surface area contributed by atoms with E-state index in [1.165, 1.54) is 25.7 Å². The van der Waals surface area contributed by atoms with Gasteiger partial charge in [-0.05, 0) is 62.3 Å². The molecule has 0 radical (unpaired) electrons. The summed E-state index contributed by atoms with van der Waals surface area (Å²) in [6, 6.07) is 17.0. The molecular weight excluding hydrogens is 428 g/mol. The van der Waals surface area contributed by atoms with Crippen LogP contribution in [0.5, 0.6) is 5.75 Å². The number of ether oxygens (including phenoxy) is 2. The van der Waals surface area contributed by atoms with Crippen LogP contribution in [0.2, 0.25) is 0 Å². The molecule has 2 rings (SSSR count). The van der Waals surface area contributed by atoms with Crippen LogP contribution in [0.15, 0.2) is 54.6 Å². The average Bonchev–Trinajstić information content (AvgIpc) is 2.85. The van der Waals surface area contributed by atoms with Gasteiger partial charge >= 0.3 is 11.9 Å². The summed E-state index contributed by atoms with van der Waals surface area (Å²) in [7, 11) is 0. The highest BCUT2D eigenvalue weighted by molar-refractivity contribution is 5.99. The highest BCUT2D eigenvalue weighted by Crippen LogP contribution is 2.32. The second-order valence-electron chi connectivity index (χ2n) is 9.08. The standard InChI is InChI=1S/C29H40O5/c1-4-6-7-8-12-21-33-26-17-15-24(16-18-26)19-20-29(27(30)31,28(32)34-23(3)5-2)22-25-13-10-9-11-14-25/h9-11,13-18,23H,4-8,12,19-22H2,1-3H3,(H,30,31). The van der Waals surface area contributed by atoms with Crippen molar-refractivity contribution in [3.8, 4) is 5.75 Å². The molecule has 186 valence electrons. The van der Waals surface area contributed by atoms with E-state index < -0.39 is 17.4 Å². The maximum absolute atomic E-state index is 13.1. The molecule has 0 heterocycles. The molecule has 0 aromatic heterocycles. The summed E-state index contributed by atoms with van der Waals surface area (Å²) in [5.41, 5.74) is 0.123. The molecule has 5 nitrogen and oxygen atoms in total. The summed E-state index contributed by atoms with van der Waals surface area (Å²) in [6.07, 6.45) is 6.96. The first-order valence-electron chi connectivity index (χ1n) is 12.6. The summed E-state index contributed by atoms with van der Waals surface area (Å²) in [5.74, 6) is -1.00. The van der Waals surface area contributed by atoms with Crippen LogP contribution in [0.4, 0.5) is 0 Å². The third-order valence-corrected chi connectivity index (χ3v) is 6.31. The fourth-order valence-electron chi connectivity index (χ4n) is 3.86. The molecule has 5 heteroatoms. The minimum absolute atomic E-state index is 0.0949. The Hall–Kier alpha value is -2.82. The topological polar surface area (TPSA) is 72.8 Å². The van der Waals surface area contributed by atoms with Crippen molar-refractivity contribution in [1.82, 2.24) is 0 Å². The first-order chi connectivity index (χ1) is 16.4.